The highest BCUT2D eigenvalue weighted by Crippen LogP contribution is 2.40. The summed E-state index contributed by atoms with van der Waals surface area (Å²) in [7, 11) is -3.76. The number of rotatable bonds is 6. The first-order valence-corrected chi connectivity index (χ1v) is 11.5. The molecule has 2 heterocycles. The molecule has 1 spiro atoms. The van der Waals surface area contributed by atoms with Gasteiger partial charge in [0.05, 0.1) is 11.5 Å². The van der Waals surface area contributed by atoms with Crippen LogP contribution < -0.4 is 20.5 Å². The summed E-state index contributed by atoms with van der Waals surface area (Å²) >= 11 is 0. The predicted octanol–water partition coefficient (Wildman–Crippen LogP) is 0.223. The number of sulfonamides is 1. The summed E-state index contributed by atoms with van der Waals surface area (Å²) in [4.78, 5) is 39.0. The number of nitrogens with one attached hydrogen (secondary N) is 2. The van der Waals surface area contributed by atoms with Crippen molar-refractivity contribution in [2.24, 2.45) is 5.14 Å². The molecule has 1 saturated heterocycles. The summed E-state index contributed by atoms with van der Waals surface area (Å²) in [6, 6.07) is 12.4. The van der Waals surface area contributed by atoms with E-state index in [1.54, 1.807) is 36.4 Å². The molecule has 1 fully saturated rings. The van der Waals surface area contributed by atoms with Crippen molar-refractivity contribution in [3.05, 3.63) is 59.7 Å². The van der Waals surface area contributed by atoms with Gasteiger partial charge in [0.25, 0.3) is 5.91 Å². The van der Waals surface area contributed by atoms with Gasteiger partial charge in [0.15, 0.2) is 5.54 Å². The van der Waals surface area contributed by atoms with Gasteiger partial charge in [-0.2, -0.15) is 0 Å². The van der Waals surface area contributed by atoms with Crippen LogP contribution in [0.25, 0.3) is 0 Å². The summed E-state index contributed by atoms with van der Waals surface area (Å²) in [6.07, 6.45) is 0.715. The van der Waals surface area contributed by atoms with Gasteiger partial charge in [-0.25, -0.2) is 18.4 Å². The zero-order valence-electron chi connectivity index (χ0n) is 17.0. The lowest BCUT2D eigenvalue weighted by Gasteiger charge is -2.33. The largest absolute Gasteiger partial charge is 0.493 e. The van der Waals surface area contributed by atoms with Crippen LogP contribution in [0, 0.1) is 0 Å². The highest BCUT2D eigenvalue weighted by atomic mass is 32.2. The molecule has 1 unspecified atom stereocenters. The van der Waals surface area contributed by atoms with Gasteiger partial charge >= 0.3 is 6.03 Å². The minimum Gasteiger partial charge on any atom is -0.493 e. The first-order chi connectivity index (χ1) is 15.2. The molecule has 0 bridgehead atoms. The summed E-state index contributed by atoms with van der Waals surface area (Å²) in [6.45, 7) is 0.117. The molecule has 0 aliphatic carbocycles. The van der Waals surface area contributed by atoms with Crippen LogP contribution in [0.2, 0.25) is 0 Å². The summed E-state index contributed by atoms with van der Waals surface area (Å²) in [5.41, 5.74) is 0.151. The monoisotopic (exact) mass is 458 g/mol. The third-order valence-electron chi connectivity index (χ3n) is 5.55. The van der Waals surface area contributed by atoms with Crippen molar-refractivity contribution in [2.75, 3.05) is 19.7 Å². The maximum absolute atomic E-state index is 13.1. The van der Waals surface area contributed by atoms with E-state index in [-0.39, 0.29) is 24.5 Å². The molecule has 168 valence electrons. The fraction of sp³-hybridized carbons (Fsp3) is 0.286. The lowest BCUT2D eigenvalue weighted by molar-refractivity contribution is -0.136. The number of nitrogens with zero attached hydrogens (tertiary/aromatic N) is 1. The van der Waals surface area contributed by atoms with E-state index in [1.165, 1.54) is 12.1 Å². The Labute approximate surface area is 184 Å². The summed E-state index contributed by atoms with van der Waals surface area (Å²) < 4.78 is 28.2. The fourth-order valence-corrected chi connectivity index (χ4v) is 4.42. The average molecular weight is 458 g/mol. The third-order valence-corrected chi connectivity index (χ3v) is 6.48. The first-order valence-electron chi connectivity index (χ1n) is 9.95. The predicted molar refractivity (Wildman–Crippen MR) is 113 cm³/mol. The molecule has 4 rings (SSSR count). The SMILES string of the molecule is NS(=O)(=O)c1ccc(CCNC(=O)CN2C(=O)NC3(CCOc4ccccc43)C2=O)cc1. The van der Waals surface area contributed by atoms with Crippen molar-refractivity contribution in [1.29, 1.82) is 0 Å². The van der Waals surface area contributed by atoms with Gasteiger partial charge in [0, 0.05) is 18.5 Å². The highest BCUT2D eigenvalue weighted by molar-refractivity contribution is 7.89. The molecule has 2 aliphatic rings. The Balaban J connectivity index is 1.36. The number of hydrogen-bond donors (Lipinski definition) is 3. The number of fused-ring (bicyclic) bond motifs is 2. The number of amides is 4. The highest BCUT2D eigenvalue weighted by Gasteiger charge is 2.55. The van der Waals surface area contributed by atoms with Crippen LogP contribution in [-0.4, -0.2) is 50.9 Å². The van der Waals surface area contributed by atoms with Crippen molar-refractivity contribution in [3.63, 3.8) is 0 Å². The number of urea groups is 1. The van der Waals surface area contributed by atoms with Crippen molar-refractivity contribution in [1.82, 2.24) is 15.5 Å². The zero-order chi connectivity index (χ0) is 22.9. The van der Waals surface area contributed by atoms with Crippen LogP contribution in [0.15, 0.2) is 53.4 Å². The van der Waals surface area contributed by atoms with E-state index in [4.69, 9.17) is 9.88 Å². The lowest BCUT2D eigenvalue weighted by atomic mass is 9.84. The smallest absolute Gasteiger partial charge is 0.325 e. The number of carbonyl (C=O) groups is 3. The van der Waals surface area contributed by atoms with E-state index in [1.807, 2.05) is 0 Å². The number of imide groups is 1. The molecule has 0 saturated carbocycles. The van der Waals surface area contributed by atoms with Gasteiger partial charge < -0.3 is 15.4 Å². The van der Waals surface area contributed by atoms with Gasteiger partial charge in [0.1, 0.15) is 12.3 Å². The maximum Gasteiger partial charge on any atom is 0.325 e. The summed E-state index contributed by atoms with van der Waals surface area (Å²) in [5, 5.41) is 10.5. The zero-order valence-corrected chi connectivity index (χ0v) is 17.9. The van der Waals surface area contributed by atoms with Crippen molar-refractivity contribution >= 4 is 27.9 Å². The second kappa shape index (κ2) is 8.24. The van der Waals surface area contributed by atoms with Crippen LogP contribution >= 0.6 is 0 Å². The number of nitrogens with two attached hydrogens (primary N) is 1. The van der Waals surface area contributed by atoms with Crippen LogP contribution in [0.5, 0.6) is 5.75 Å². The van der Waals surface area contributed by atoms with Crippen molar-refractivity contribution in [2.45, 2.75) is 23.3 Å². The molecule has 0 radical (unpaired) electrons. The minimum absolute atomic E-state index is 0.00691. The van der Waals surface area contributed by atoms with E-state index in [0.29, 0.717) is 17.7 Å². The fourth-order valence-electron chi connectivity index (χ4n) is 3.91. The van der Waals surface area contributed by atoms with Gasteiger partial charge in [-0.05, 0) is 30.2 Å². The topological polar surface area (TPSA) is 148 Å². The molecular formula is C21H22N4O6S. The molecular weight excluding hydrogens is 436 g/mol. The Bertz CT molecular complexity index is 1180. The van der Waals surface area contributed by atoms with E-state index in [0.717, 1.165) is 10.5 Å². The molecule has 32 heavy (non-hydrogen) atoms. The van der Waals surface area contributed by atoms with Crippen LogP contribution in [-0.2, 0) is 31.6 Å². The number of benzene rings is 2. The maximum atomic E-state index is 13.1. The van der Waals surface area contributed by atoms with E-state index in [2.05, 4.69) is 10.6 Å². The van der Waals surface area contributed by atoms with Gasteiger partial charge in [-0.1, -0.05) is 30.3 Å². The Morgan fingerprint density at radius 2 is 1.88 bits per heavy atom. The standard InChI is InChI=1S/C21H22N4O6S/c22-32(29,30)15-7-5-14(6-8-15)9-11-23-18(26)13-25-19(27)21(24-20(25)28)10-12-31-17-4-2-1-3-16(17)21/h1-8H,9-13H2,(H,23,26)(H,24,28)(H2,22,29,30). The van der Waals surface area contributed by atoms with Crippen molar-refractivity contribution < 1.29 is 27.5 Å². The first kappa shape index (κ1) is 21.8. The number of para-hydroxylation sites is 1. The Hall–Kier alpha value is -3.44. The Morgan fingerprint density at radius 3 is 2.59 bits per heavy atom. The third kappa shape index (κ3) is 4.04. The van der Waals surface area contributed by atoms with E-state index < -0.39 is 40.0 Å². The number of carbonyl (C=O) groups excluding carboxylic acids is 3. The molecule has 4 N–H and O–H groups in total. The van der Waals surface area contributed by atoms with Crippen LogP contribution in [0.4, 0.5) is 4.79 Å². The molecule has 10 nitrogen and oxygen atoms in total. The Kier molecular flexibility index (Phi) is 5.61. The second-order valence-electron chi connectivity index (χ2n) is 7.61. The average Bonchev–Trinajstić information content (AvgIpc) is 2.98. The van der Waals surface area contributed by atoms with E-state index >= 15 is 0 Å². The molecule has 2 aromatic carbocycles. The minimum atomic E-state index is -3.76. The lowest BCUT2D eigenvalue weighted by Crippen LogP contribution is -2.48. The molecule has 11 heteroatoms. The van der Waals surface area contributed by atoms with Crippen LogP contribution in [0.3, 0.4) is 0 Å². The van der Waals surface area contributed by atoms with Gasteiger partial charge in [-0.15, -0.1) is 0 Å². The number of primary sulfonamides is 1. The summed E-state index contributed by atoms with van der Waals surface area (Å²) in [5.74, 6) is -0.425. The van der Waals surface area contributed by atoms with Crippen LogP contribution in [0.1, 0.15) is 17.5 Å². The quantitative estimate of drug-likeness (QED) is 0.528. The van der Waals surface area contributed by atoms with Crippen molar-refractivity contribution in [3.8, 4) is 5.75 Å². The molecule has 2 aromatic rings. The Morgan fingerprint density at radius 1 is 1.16 bits per heavy atom. The normalized spacial score (nSPS) is 20.0. The molecule has 2 aliphatic heterocycles. The molecule has 4 amide bonds. The molecule has 1 atom stereocenters. The van der Waals surface area contributed by atoms with Gasteiger partial charge in [-0.3, -0.25) is 14.5 Å². The second-order valence-corrected chi connectivity index (χ2v) is 9.17. The number of ether oxygens (including phenoxy) is 1. The van der Waals surface area contributed by atoms with Gasteiger partial charge in [0.2, 0.25) is 15.9 Å². The number of hydrogen-bond acceptors (Lipinski definition) is 6. The molecule has 0 aromatic heterocycles. The van der Waals surface area contributed by atoms with E-state index in [9.17, 15) is 22.8 Å².